The van der Waals surface area contributed by atoms with E-state index in [4.69, 9.17) is 14.5 Å². The summed E-state index contributed by atoms with van der Waals surface area (Å²) in [6.07, 6.45) is 4.75. The number of H-pyrrole nitrogens is 1. The van der Waals surface area contributed by atoms with Crippen molar-refractivity contribution < 1.29 is 9.47 Å². The molecule has 1 unspecified atom stereocenters. The van der Waals surface area contributed by atoms with E-state index in [0.29, 0.717) is 24.0 Å². The van der Waals surface area contributed by atoms with E-state index in [1.54, 1.807) is 14.2 Å². The maximum Gasteiger partial charge on any atom is 0.157 e. The van der Waals surface area contributed by atoms with Gasteiger partial charge in [-0.25, -0.2) is 20.4 Å². The molecule has 3 heterocycles. The highest BCUT2D eigenvalue weighted by Crippen LogP contribution is 2.26. The number of ether oxygens (including phenoxy) is 2. The van der Waals surface area contributed by atoms with Crippen molar-refractivity contribution in [1.29, 1.82) is 0 Å². The molecule has 0 radical (unpaired) electrons. The Morgan fingerprint density at radius 3 is 2.74 bits per heavy atom. The molecule has 0 amide bonds. The molecule has 0 bridgehead atoms. The molecule has 7 nitrogen and oxygen atoms in total. The Morgan fingerprint density at radius 2 is 2.00 bits per heavy atom. The highest BCUT2D eigenvalue weighted by Gasteiger charge is 2.25. The highest BCUT2D eigenvalue weighted by atomic mass is 16.5. The quantitative estimate of drug-likeness (QED) is 0.624. The minimum atomic E-state index is 0.331. The second-order valence-electron chi connectivity index (χ2n) is 7.24. The molecule has 0 saturated carbocycles. The van der Waals surface area contributed by atoms with E-state index in [0.717, 1.165) is 47.5 Å². The van der Waals surface area contributed by atoms with E-state index < -0.39 is 0 Å². The van der Waals surface area contributed by atoms with Crippen LogP contribution in [-0.4, -0.2) is 53.8 Å². The van der Waals surface area contributed by atoms with Crippen molar-refractivity contribution >= 4 is 11.2 Å². The Bertz CT molecular complexity index is 1170. The number of aromatic amines is 1. The Balaban J connectivity index is 1.56. The lowest BCUT2D eigenvalue weighted by Crippen LogP contribution is -2.36. The number of methoxy groups -OCH3 is 2. The minimum absolute atomic E-state index is 0.331. The van der Waals surface area contributed by atoms with Crippen LogP contribution < -0.4 is 14.9 Å². The van der Waals surface area contributed by atoms with Crippen LogP contribution in [0.1, 0.15) is 36.1 Å². The van der Waals surface area contributed by atoms with Gasteiger partial charge in [0.2, 0.25) is 0 Å². The van der Waals surface area contributed by atoms with Crippen molar-refractivity contribution in [1.82, 2.24) is 25.4 Å². The zero-order valence-corrected chi connectivity index (χ0v) is 18.0. The van der Waals surface area contributed by atoms with Crippen LogP contribution in [0.3, 0.4) is 0 Å². The SMILES string of the molecule is CC#CCNN1CCC(c2cnc3[nH]cc(C#Cc4cc(OC)cc(OC)c4)c3n2)C1. The fourth-order valence-corrected chi connectivity index (χ4v) is 3.60. The molecule has 3 aromatic rings. The lowest BCUT2D eigenvalue weighted by atomic mass is 10.1. The van der Waals surface area contributed by atoms with E-state index in [2.05, 4.69) is 44.1 Å². The van der Waals surface area contributed by atoms with Crippen LogP contribution in [0.2, 0.25) is 0 Å². The summed E-state index contributed by atoms with van der Waals surface area (Å²) < 4.78 is 10.6. The molecule has 0 spiro atoms. The number of fused-ring (bicyclic) bond motifs is 1. The van der Waals surface area contributed by atoms with E-state index in [1.165, 1.54) is 0 Å². The number of hydrazine groups is 1. The molecule has 31 heavy (non-hydrogen) atoms. The third-order valence-electron chi connectivity index (χ3n) is 5.27. The van der Waals surface area contributed by atoms with Crippen molar-refractivity contribution in [3.8, 4) is 35.2 Å². The summed E-state index contributed by atoms with van der Waals surface area (Å²) in [5.74, 6) is 14.1. The maximum absolute atomic E-state index is 5.32. The lowest BCUT2D eigenvalue weighted by Gasteiger charge is -2.15. The van der Waals surface area contributed by atoms with Gasteiger partial charge in [-0.05, 0) is 25.5 Å². The van der Waals surface area contributed by atoms with Crippen molar-refractivity contribution in [3.63, 3.8) is 0 Å². The van der Waals surface area contributed by atoms with Crippen LogP contribution in [-0.2, 0) is 0 Å². The maximum atomic E-state index is 5.32. The second kappa shape index (κ2) is 9.53. The number of hydrogen-bond acceptors (Lipinski definition) is 6. The van der Waals surface area contributed by atoms with Crippen LogP contribution in [0.25, 0.3) is 11.2 Å². The summed E-state index contributed by atoms with van der Waals surface area (Å²) in [5, 5.41) is 2.20. The second-order valence-corrected chi connectivity index (χ2v) is 7.24. The summed E-state index contributed by atoms with van der Waals surface area (Å²) in [6, 6.07) is 5.58. The van der Waals surface area contributed by atoms with Crippen molar-refractivity contribution in [2.75, 3.05) is 33.9 Å². The van der Waals surface area contributed by atoms with Gasteiger partial charge < -0.3 is 14.5 Å². The average Bonchev–Trinajstić information content (AvgIpc) is 3.44. The van der Waals surface area contributed by atoms with Gasteiger partial charge in [-0.2, -0.15) is 0 Å². The molecule has 1 aromatic carbocycles. The fourth-order valence-electron chi connectivity index (χ4n) is 3.60. The van der Waals surface area contributed by atoms with Crippen molar-refractivity contribution in [3.05, 3.63) is 47.4 Å². The number of nitrogens with zero attached hydrogens (tertiary/aromatic N) is 3. The lowest BCUT2D eigenvalue weighted by molar-refractivity contribution is 0.247. The molecule has 4 rings (SSSR count). The van der Waals surface area contributed by atoms with Crippen LogP contribution in [0, 0.1) is 23.7 Å². The molecule has 2 N–H and O–H groups in total. The van der Waals surface area contributed by atoms with E-state index in [-0.39, 0.29) is 0 Å². The van der Waals surface area contributed by atoms with Gasteiger partial charge in [0.25, 0.3) is 0 Å². The standard InChI is InChI=1S/C24H25N5O2/c1-4-5-9-27-29-10-8-19(16-29)22-15-26-24-23(28-22)18(14-25-24)7-6-17-11-20(30-2)13-21(12-17)31-3/h11-15,19,27H,8-10,16H2,1-3H3,(H,25,26). The largest absolute Gasteiger partial charge is 0.497 e. The predicted octanol–water partition coefficient (Wildman–Crippen LogP) is 2.69. The van der Waals surface area contributed by atoms with E-state index in [9.17, 15) is 0 Å². The van der Waals surface area contributed by atoms with Crippen molar-refractivity contribution in [2.45, 2.75) is 19.3 Å². The zero-order valence-electron chi connectivity index (χ0n) is 18.0. The van der Waals surface area contributed by atoms with Gasteiger partial charge in [0.05, 0.1) is 38.2 Å². The van der Waals surface area contributed by atoms with Gasteiger partial charge in [0.15, 0.2) is 5.65 Å². The average molecular weight is 415 g/mol. The third kappa shape index (κ3) is 4.80. The van der Waals surface area contributed by atoms with Gasteiger partial charge in [-0.1, -0.05) is 17.8 Å². The summed E-state index contributed by atoms with van der Waals surface area (Å²) in [5.41, 5.74) is 7.49. The molecule has 158 valence electrons. The van der Waals surface area contributed by atoms with Crippen LogP contribution >= 0.6 is 0 Å². The van der Waals surface area contributed by atoms with Crippen LogP contribution in [0.15, 0.2) is 30.6 Å². The Hall–Kier alpha value is -3.52. The van der Waals surface area contributed by atoms with E-state index in [1.807, 2.05) is 37.5 Å². The topological polar surface area (TPSA) is 75.3 Å². The van der Waals surface area contributed by atoms with Gasteiger partial charge in [-0.3, -0.25) is 0 Å². The number of hydrogen-bond donors (Lipinski definition) is 2. The molecule has 1 aliphatic heterocycles. The van der Waals surface area contributed by atoms with Gasteiger partial charge >= 0.3 is 0 Å². The normalized spacial score (nSPS) is 15.8. The van der Waals surface area contributed by atoms with Crippen LogP contribution in [0.5, 0.6) is 11.5 Å². The first kappa shape index (κ1) is 20.7. The molecule has 0 aliphatic carbocycles. The summed E-state index contributed by atoms with van der Waals surface area (Å²) in [6.45, 7) is 4.37. The fraction of sp³-hybridized carbons (Fsp3) is 0.333. The summed E-state index contributed by atoms with van der Waals surface area (Å²) in [7, 11) is 3.25. The molecule has 1 aliphatic rings. The first-order valence-electron chi connectivity index (χ1n) is 10.2. The Labute approximate surface area is 182 Å². The first-order chi connectivity index (χ1) is 15.2. The number of aromatic nitrogens is 3. The monoisotopic (exact) mass is 415 g/mol. The van der Waals surface area contributed by atoms with E-state index >= 15 is 0 Å². The van der Waals surface area contributed by atoms with Gasteiger partial charge in [-0.15, -0.1) is 5.92 Å². The molecule has 7 heteroatoms. The van der Waals surface area contributed by atoms with Crippen molar-refractivity contribution in [2.24, 2.45) is 0 Å². The summed E-state index contributed by atoms with van der Waals surface area (Å²) in [4.78, 5) is 12.6. The number of rotatable bonds is 5. The molecular weight excluding hydrogens is 390 g/mol. The minimum Gasteiger partial charge on any atom is -0.497 e. The first-order valence-corrected chi connectivity index (χ1v) is 10.2. The van der Waals surface area contributed by atoms with Gasteiger partial charge in [0, 0.05) is 36.8 Å². The van der Waals surface area contributed by atoms with Crippen LogP contribution in [0.4, 0.5) is 0 Å². The number of benzene rings is 1. The predicted molar refractivity (Wildman–Crippen MR) is 120 cm³/mol. The molecular formula is C24H25N5O2. The third-order valence-corrected chi connectivity index (χ3v) is 5.27. The molecule has 2 aromatic heterocycles. The molecule has 1 fully saturated rings. The number of nitrogens with one attached hydrogen (secondary N) is 2. The van der Waals surface area contributed by atoms with Gasteiger partial charge in [0.1, 0.15) is 17.0 Å². The Kier molecular flexibility index (Phi) is 6.37. The zero-order chi connectivity index (χ0) is 21.6. The Morgan fingerprint density at radius 1 is 1.19 bits per heavy atom. The highest BCUT2D eigenvalue weighted by molar-refractivity contribution is 5.79. The molecule has 1 atom stereocenters. The summed E-state index contributed by atoms with van der Waals surface area (Å²) >= 11 is 0. The molecule has 1 saturated heterocycles. The smallest absolute Gasteiger partial charge is 0.157 e.